The third-order valence-corrected chi connectivity index (χ3v) is 4.05. The van der Waals surface area contributed by atoms with Gasteiger partial charge in [-0.2, -0.15) is 5.10 Å². The molecule has 0 spiro atoms. The summed E-state index contributed by atoms with van der Waals surface area (Å²) < 4.78 is 5.82. The Hall–Kier alpha value is -0.870. The summed E-state index contributed by atoms with van der Waals surface area (Å²) in [5.74, 6) is 0. The first kappa shape index (κ1) is 12.6. The average molecular weight is 237 g/mol. The van der Waals surface area contributed by atoms with Gasteiger partial charge in [-0.25, -0.2) is 0 Å². The fourth-order valence-corrected chi connectivity index (χ4v) is 2.80. The van der Waals surface area contributed by atoms with E-state index in [4.69, 9.17) is 4.74 Å². The number of hydrogen-bond donors (Lipinski definition) is 2. The van der Waals surface area contributed by atoms with Crippen molar-refractivity contribution in [1.29, 1.82) is 0 Å². The van der Waals surface area contributed by atoms with E-state index in [1.54, 1.807) is 6.20 Å². The number of methoxy groups -OCH3 is 1. The van der Waals surface area contributed by atoms with Crippen LogP contribution in [-0.4, -0.2) is 29.0 Å². The van der Waals surface area contributed by atoms with Gasteiger partial charge < -0.3 is 10.1 Å². The van der Waals surface area contributed by atoms with E-state index < -0.39 is 0 Å². The minimum atomic E-state index is 0.0261. The van der Waals surface area contributed by atoms with Gasteiger partial charge in [-0.15, -0.1) is 0 Å². The van der Waals surface area contributed by atoms with Crippen molar-refractivity contribution in [1.82, 2.24) is 15.5 Å². The standard InChI is InChI=1S/C13H23N3O/c1-11(14-10-12-6-9-15-16-12)13(17-2)7-4-3-5-8-13/h6,9,11,14H,3-5,7-8,10H2,1-2H3,(H,15,16)/t11-/m0/s1. The van der Waals surface area contributed by atoms with E-state index in [1.165, 1.54) is 32.1 Å². The van der Waals surface area contributed by atoms with E-state index in [1.807, 2.05) is 13.2 Å². The number of rotatable bonds is 5. The van der Waals surface area contributed by atoms with E-state index in [0.29, 0.717) is 6.04 Å². The van der Waals surface area contributed by atoms with E-state index in [2.05, 4.69) is 22.4 Å². The molecule has 0 bridgehead atoms. The van der Waals surface area contributed by atoms with Crippen molar-refractivity contribution in [3.05, 3.63) is 18.0 Å². The molecule has 0 aliphatic heterocycles. The minimum Gasteiger partial charge on any atom is -0.377 e. The molecule has 4 nitrogen and oxygen atoms in total. The third-order valence-electron chi connectivity index (χ3n) is 4.05. The highest BCUT2D eigenvalue weighted by molar-refractivity contribution is 4.99. The van der Waals surface area contributed by atoms with Crippen LogP contribution in [-0.2, 0) is 11.3 Å². The molecule has 0 amide bonds. The van der Waals surface area contributed by atoms with Crippen LogP contribution in [0.5, 0.6) is 0 Å². The Balaban J connectivity index is 1.90. The van der Waals surface area contributed by atoms with Crippen molar-refractivity contribution in [3.63, 3.8) is 0 Å². The first-order chi connectivity index (χ1) is 8.27. The predicted molar refractivity (Wildman–Crippen MR) is 67.7 cm³/mol. The van der Waals surface area contributed by atoms with Gasteiger partial charge in [-0.1, -0.05) is 19.3 Å². The molecule has 1 saturated carbocycles. The van der Waals surface area contributed by atoms with Crippen LogP contribution in [0.1, 0.15) is 44.7 Å². The lowest BCUT2D eigenvalue weighted by Crippen LogP contribution is -2.51. The second-order valence-electron chi connectivity index (χ2n) is 5.01. The molecule has 96 valence electrons. The molecule has 1 fully saturated rings. The number of nitrogens with zero attached hydrogens (tertiary/aromatic N) is 1. The molecule has 1 aromatic rings. The number of aromatic nitrogens is 2. The fourth-order valence-electron chi connectivity index (χ4n) is 2.80. The lowest BCUT2D eigenvalue weighted by Gasteiger charge is -2.41. The fraction of sp³-hybridized carbons (Fsp3) is 0.769. The van der Waals surface area contributed by atoms with Crippen molar-refractivity contribution in [2.75, 3.05) is 7.11 Å². The first-order valence-corrected chi connectivity index (χ1v) is 6.54. The molecule has 0 aromatic carbocycles. The van der Waals surface area contributed by atoms with Crippen LogP contribution < -0.4 is 5.32 Å². The van der Waals surface area contributed by atoms with Crippen LogP contribution in [0, 0.1) is 0 Å². The molecule has 2 N–H and O–H groups in total. The molecule has 0 unspecified atom stereocenters. The Bertz CT molecular complexity index is 317. The summed E-state index contributed by atoms with van der Waals surface area (Å²) in [6, 6.07) is 2.37. The van der Waals surface area contributed by atoms with Crippen LogP contribution in [0.2, 0.25) is 0 Å². The monoisotopic (exact) mass is 237 g/mol. The van der Waals surface area contributed by atoms with Crippen LogP contribution in [0.3, 0.4) is 0 Å². The van der Waals surface area contributed by atoms with E-state index in [0.717, 1.165) is 12.2 Å². The maximum absolute atomic E-state index is 5.82. The molecule has 17 heavy (non-hydrogen) atoms. The van der Waals surface area contributed by atoms with E-state index >= 15 is 0 Å². The summed E-state index contributed by atoms with van der Waals surface area (Å²) in [6.45, 7) is 3.05. The molecule has 0 saturated heterocycles. The number of hydrogen-bond acceptors (Lipinski definition) is 3. The molecular weight excluding hydrogens is 214 g/mol. The van der Waals surface area contributed by atoms with Crippen molar-refractivity contribution < 1.29 is 4.74 Å². The highest BCUT2D eigenvalue weighted by Crippen LogP contribution is 2.34. The maximum Gasteiger partial charge on any atom is 0.0828 e. The number of aromatic amines is 1. The van der Waals surface area contributed by atoms with Gasteiger partial charge in [0.1, 0.15) is 0 Å². The van der Waals surface area contributed by atoms with Gasteiger partial charge in [-0.05, 0) is 25.8 Å². The highest BCUT2D eigenvalue weighted by Gasteiger charge is 2.37. The largest absolute Gasteiger partial charge is 0.377 e. The zero-order valence-electron chi connectivity index (χ0n) is 10.8. The normalized spacial score (nSPS) is 21.3. The topological polar surface area (TPSA) is 49.9 Å². The molecule has 1 aliphatic carbocycles. The molecule has 1 aliphatic rings. The summed E-state index contributed by atoms with van der Waals surface area (Å²) in [5.41, 5.74) is 1.15. The second kappa shape index (κ2) is 5.65. The molecule has 1 atom stereocenters. The van der Waals surface area contributed by atoms with Gasteiger partial charge in [0.15, 0.2) is 0 Å². The van der Waals surface area contributed by atoms with Crippen LogP contribution in [0.25, 0.3) is 0 Å². The summed E-state index contributed by atoms with van der Waals surface area (Å²) in [4.78, 5) is 0. The molecule has 2 rings (SSSR count). The molecule has 1 aromatic heterocycles. The lowest BCUT2D eigenvalue weighted by atomic mass is 9.79. The van der Waals surface area contributed by atoms with Crippen LogP contribution in [0.4, 0.5) is 0 Å². The van der Waals surface area contributed by atoms with Gasteiger partial charge in [0.05, 0.1) is 5.60 Å². The molecule has 4 heteroatoms. The summed E-state index contributed by atoms with van der Waals surface area (Å²) >= 11 is 0. The van der Waals surface area contributed by atoms with Crippen LogP contribution >= 0.6 is 0 Å². The van der Waals surface area contributed by atoms with Crippen molar-refractivity contribution >= 4 is 0 Å². The summed E-state index contributed by atoms with van der Waals surface area (Å²) in [7, 11) is 1.85. The smallest absolute Gasteiger partial charge is 0.0828 e. The maximum atomic E-state index is 5.82. The highest BCUT2D eigenvalue weighted by atomic mass is 16.5. The van der Waals surface area contributed by atoms with Crippen molar-refractivity contribution in [2.24, 2.45) is 0 Å². The zero-order valence-corrected chi connectivity index (χ0v) is 10.8. The number of ether oxygens (including phenoxy) is 1. The van der Waals surface area contributed by atoms with E-state index in [-0.39, 0.29) is 5.60 Å². The van der Waals surface area contributed by atoms with Gasteiger partial charge >= 0.3 is 0 Å². The van der Waals surface area contributed by atoms with Crippen molar-refractivity contribution in [2.45, 2.75) is 57.2 Å². The van der Waals surface area contributed by atoms with Gasteiger partial charge in [0, 0.05) is 31.6 Å². The Morgan fingerprint density at radius 1 is 1.47 bits per heavy atom. The number of nitrogens with one attached hydrogen (secondary N) is 2. The zero-order chi connectivity index (χ0) is 12.1. The molecule has 1 heterocycles. The summed E-state index contributed by atoms with van der Waals surface area (Å²) in [6.07, 6.45) is 8.03. The quantitative estimate of drug-likeness (QED) is 0.825. The second-order valence-corrected chi connectivity index (χ2v) is 5.01. The van der Waals surface area contributed by atoms with Gasteiger partial charge in [0.2, 0.25) is 0 Å². The lowest BCUT2D eigenvalue weighted by molar-refractivity contribution is -0.0634. The number of H-pyrrole nitrogens is 1. The van der Waals surface area contributed by atoms with Crippen molar-refractivity contribution in [3.8, 4) is 0 Å². The van der Waals surface area contributed by atoms with E-state index in [9.17, 15) is 0 Å². The minimum absolute atomic E-state index is 0.0261. The molecular formula is C13H23N3O. The Morgan fingerprint density at radius 3 is 2.82 bits per heavy atom. The SMILES string of the molecule is COC1([C@H](C)NCc2ccn[nH]2)CCCCC1. The average Bonchev–Trinajstić information content (AvgIpc) is 2.90. The van der Waals surface area contributed by atoms with Gasteiger partial charge in [0.25, 0.3) is 0 Å². The Kier molecular flexibility index (Phi) is 4.18. The van der Waals surface area contributed by atoms with Gasteiger partial charge in [-0.3, -0.25) is 5.10 Å². The third kappa shape index (κ3) is 2.87. The molecule has 0 radical (unpaired) electrons. The Morgan fingerprint density at radius 2 is 2.24 bits per heavy atom. The van der Waals surface area contributed by atoms with Crippen LogP contribution in [0.15, 0.2) is 12.3 Å². The Labute approximate surface area is 103 Å². The predicted octanol–water partition coefficient (Wildman–Crippen LogP) is 2.24. The first-order valence-electron chi connectivity index (χ1n) is 6.54. The summed E-state index contributed by atoms with van der Waals surface area (Å²) in [5, 5.41) is 10.5.